The van der Waals surface area contributed by atoms with Crippen molar-refractivity contribution >= 4 is 21.5 Å². The second-order valence-corrected chi connectivity index (χ2v) is 5.71. The van der Waals surface area contributed by atoms with E-state index in [1.54, 1.807) is 24.1 Å². The van der Waals surface area contributed by atoms with Gasteiger partial charge in [-0.05, 0) is 24.3 Å². The Bertz CT molecular complexity index is 493. The maximum absolute atomic E-state index is 11.3. The van der Waals surface area contributed by atoms with Crippen molar-refractivity contribution < 1.29 is 17.9 Å². The van der Waals surface area contributed by atoms with Crippen LogP contribution in [0.1, 0.15) is 0 Å². The second-order valence-electron chi connectivity index (χ2n) is 3.70. The summed E-state index contributed by atoms with van der Waals surface area (Å²) in [7, 11) is -0.132. The summed E-state index contributed by atoms with van der Waals surface area (Å²) in [4.78, 5) is 13.0. The standard InChI is InChI=1S/C11H15NO4S/c1-12(8-11(13)16-2)9-4-6-10(7-5-9)17(3,14)15/h4-7H,8H2,1-3H3. The molecular formula is C11H15NO4S. The highest BCUT2D eigenvalue weighted by Crippen LogP contribution is 2.16. The summed E-state index contributed by atoms with van der Waals surface area (Å²) in [5, 5.41) is 0. The number of carbonyl (C=O) groups is 1. The van der Waals surface area contributed by atoms with Gasteiger partial charge < -0.3 is 9.64 Å². The van der Waals surface area contributed by atoms with Crippen molar-refractivity contribution in [3.05, 3.63) is 24.3 Å². The molecule has 17 heavy (non-hydrogen) atoms. The highest BCUT2D eigenvalue weighted by atomic mass is 32.2. The van der Waals surface area contributed by atoms with E-state index in [2.05, 4.69) is 4.74 Å². The van der Waals surface area contributed by atoms with E-state index >= 15 is 0 Å². The van der Waals surface area contributed by atoms with Crippen LogP contribution in [0.2, 0.25) is 0 Å². The zero-order valence-electron chi connectivity index (χ0n) is 10.0. The summed E-state index contributed by atoms with van der Waals surface area (Å²) in [5.41, 5.74) is 0.753. The molecule has 0 aliphatic heterocycles. The molecule has 94 valence electrons. The number of hydrogen-bond donors (Lipinski definition) is 0. The van der Waals surface area contributed by atoms with Crippen molar-refractivity contribution in [2.75, 3.05) is 31.9 Å². The third kappa shape index (κ3) is 3.74. The fourth-order valence-corrected chi connectivity index (χ4v) is 1.93. The zero-order valence-corrected chi connectivity index (χ0v) is 10.8. The molecule has 6 heteroatoms. The van der Waals surface area contributed by atoms with Crippen molar-refractivity contribution in [2.24, 2.45) is 0 Å². The molecule has 0 aromatic heterocycles. The number of methoxy groups -OCH3 is 1. The molecule has 0 unspecified atom stereocenters. The molecule has 0 saturated heterocycles. The summed E-state index contributed by atoms with van der Waals surface area (Å²) >= 11 is 0. The van der Waals surface area contributed by atoms with Gasteiger partial charge in [-0.15, -0.1) is 0 Å². The Kier molecular flexibility index (Phi) is 4.11. The number of esters is 1. The summed E-state index contributed by atoms with van der Waals surface area (Å²) in [6, 6.07) is 6.33. The topological polar surface area (TPSA) is 63.7 Å². The summed E-state index contributed by atoms with van der Waals surface area (Å²) < 4.78 is 27.0. The molecule has 0 saturated carbocycles. The second kappa shape index (κ2) is 5.18. The largest absolute Gasteiger partial charge is 0.468 e. The minimum absolute atomic E-state index is 0.120. The molecule has 0 bridgehead atoms. The quantitative estimate of drug-likeness (QED) is 0.743. The maximum atomic E-state index is 11.3. The van der Waals surface area contributed by atoms with Crippen LogP contribution < -0.4 is 4.90 Å². The molecule has 1 aromatic rings. The SMILES string of the molecule is COC(=O)CN(C)c1ccc(S(C)(=O)=O)cc1. The molecule has 0 radical (unpaired) electrons. The van der Waals surface area contributed by atoms with Gasteiger partial charge >= 0.3 is 5.97 Å². The van der Waals surface area contributed by atoms with Gasteiger partial charge in [-0.3, -0.25) is 4.79 Å². The van der Waals surface area contributed by atoms with E-state index in [-0.39, 0.29) is 17.4 Å². The Balaban J connectivity index is 2.84. The van der Waals surface area contributed by atoms with Crippen LogP contribution >= 0.6 is 0 Å². The minimum Gasteiger partial charge on any atom is -0.468 e. The monoisotopic (exact) mass is 257 g/mol. The molecule has 0 aliphatic rings. The molecular weight excluding hydrogens is 242 g/mol. The number of ether oxygens (including phenoxy) is 1. The van der Waals surface area contributed by atoms with Crippen molar-refractivity contribution in [3.63, 3.8) is 0 Å². The smallest absolute Gasteiger partial charge is 0.325 e. The van der Waals surface area contributed by atoms with Crippen LogP contribution in [-0.2, 0) is 19.4 Å². The van der Waals surface area contributed by atoms with Crippen LogP contribution in [0, 0.1) is 0 Å². The van der Waals surface area contributed by atoms with E-state index in [4.69, 9.17) is 0 Å². The van der Waals surface area contributed by atoms with Crippen LogP contribution in [0.5, 0.6) is 0 Å². The molecule has 0 N–H and O–H groups in total. The molecule has 0 spiro atoms. The maximum Gasteiger partial charge on any atom is 0.325 e. The predicted molar refractivity (Wildman–Crippen MR) is 64.8 cm³/mol. The molecule has 0 fully saturated rings. The van der Waals surface area contributed by atoms with Gasteiger partial charge in [0.05, 0.1) is 12.0 Å². The van der Waals surface area contributed by atoms with Gasteiger partial charge in [0.1, 0.15) is 6.54 Å². The first-order valence-corrected chi connectivity index (χ1v) is 6.82. The highest BCUT2D eigenvalue weighted by molar-refractivity contribution is 7.90. The molecule has 0 amide bonds. The molecule has 0 aliphatic carbocycles. The van der Waals surface area contributed by atoms with Crippen LogP contribution in [0.3, 0.4) is 0 Å². The van der Waals surface area contributed by atoms with Gasteiger partial charge in [0.15, 0.2) is 9.84 Å². The van der Waals surface area contributed by atoms with Crippen molar-refractivity contribution in [2.45, 2.75) is 4.90 Å². The molecule has 1 aromatic carbocycles. The van der Waals surface area contributed by atoms with Crippen LogP contribution in [0.25, 0.3) is 0 Å². The minimum atomic E-state index is -3.18. The first kappa shape index (κ1) is 13.5. The number of likely N-dealkylation sites (N-methyl/N-ethyl adjacent to an activating group) is 1. The third-order valence-electron chi connectivity index (χ3n) is 2.30. The van der Waals surface area contributed by atoms with Crippen LogP contribution in [-0.4, -0.2) is 41.3 Å². The summed E-state index contributed by atoms with van der Waals surface area (Å²) in [6.45, 7) is 0.120. The number of carbonyl (C=O) groups excluding carboxylic acids is 1. The van der Waals surface area contributed by atoms with Gasteiger partial charge in [-0.1, -0.05) is 0 Å². The van der Waals surface area contributed by atoms with Gasteiger partial charge in [0.2, 0.25) is 0 Å². The van der Waals surface area contributed by atoms with Gasteiger partial charge in [0.25, 0.3) is 0 Å². The van der Waals surface area contributed by atoms with Gasteiger partial charge in [0, 0.05) is 19.0 Å². The van der Waals surface area contributed by atoms with Crippen LogP contribution in [0.15, 0.2) is 29.2 Å². The molecule has 0 heterocycles. The lowest BCUT2D eigenvalue weighted by Crippen LogP contribution is -2.26. The van der Waals surface area contributed by atoms with Crippen LogP contribution in [0.4, 0.5) is 5.69 Å². The van der Waals surface area contributed by atoms with E-state index in [1.807, 2.05) is 0 Å². The van der Waals surface area contributed by atoms with Crippen molar-refractivity contribution in [1.82, 2.24) is 0 Å². The summed E-state index contributed by atoms with van der Waals surface area (Å²) in [6.07, 6.45) is 1.15. The van der Waals surface area contributed by atoms with Crippen molar-refractivity contribution in [3.8, 4) is 0 Å². The predicted octanol–water partition coefficient (Wildman–Crippen LogP) is 0.699. The fourth-order valence-electron chi connectivity index (χ4n) is 1.30. The Morgan fingerprint density at radius 1 is 1.29 bits per heavy atom. The average molecular weight is 257 g/mol. The molecule has 5 nitrogen and oxygen atoms in total. The van der Waals surface area contributed by atoms with Gasteiger partial charge in [-0.25, -0.2) is 8.42 Å². The van der Waals surface area contributed by atoms with E-state index in [0.717, 1.165) is 11.9 Å². The Morgan fingerprint density at radius 3 is 2.24 bits per heavy atom. The highest BCUT2D eigenvalue weighted by Gasteiger charge is 2.10. The first-order chi connectivity index (χ1) is 7.84. The van der Waals surface area contributed by atoms with Gasteiger partial charge in [-0.2, -0.15) is 0 Å². The fraction of sp³-hybridized carbons (Fsp3) is 0.364. The number of rotatable bonds is 4. The molecule has 0 atom stereocenters. The molecule has 1 rings (SSSR count). The van der Waals surface area contributed by atoms with Crippen molar-refractivity contribution in [1.29, 1.82) is 0 Å². The zero-order chi connectivity index (χ0) is 13.1. The average Bonchev–Trinajstić information content (AvgIpc) is 2.27. The number of benzene rings is 1. The summed E-state index contributed by atoms with van der Waals surface area (Å²) in [5.74, 6) is -0.348. The number of nitrogens with zero attached hydrogens (tertiary/aromatic N) is 1. The van der Waals surface area contributed by atoms with E-state index in [1.165, 1.54) is 19.2 Å². The van der Waals surface area contributed by atoms with E-state index in [9.17, 15) is 13.2 Å². The number of anilines is 1. The lowest BCUT2D eigenvalue weighted by Gasteiger charge is -2.17. The van der Waals surface area contributed by atoms with E-state index in [0.29, 0.717) is 0 Å². The lowest BCUT2D eigenvalue weighted by molar-refractivity contribution is -0.138. The Labute approximate surface area is 101 Å². The third-order valence-corrected chi connectivity index (χ3v) is 3.43. The number of hydrogen-bond acceptors (Lipinski definition) is 5. The number of sulfone groups is 1. The van der Waals surface area contributed by atoms with E-state index < -0.39 is 9.84 Å². The Hall–Kier alpha value is -1.56. The lowest BCUT2D eigenvalue weighted by atomic mass is 10.3. The first-order valence-electron chi connectivity index (χ1n) is 4.92. The normalized spacial score (nSPS) is 11.0. The Morgan fingerprint density at radius 2 is 1.82 bits per heavy atom.